The second-order valence-corrected chi connectivity index (χ2v) is 4.74. The monoisotopic (exact) mass is 286 g/mol. The summed E-state index contributed by atoms with van der Waals surface area (Å²) in [5, 5.41) is 7.63. The number of carbonyl (C=O) groups excluding carboxylic acids is 2. The molecule has 7 heteroatoms. The molecule has 0 N–H and O–H groups in total. The quantitative estimate of drug-likeness (QED) is 0.769. The summed E-state index contributed by atoms with van der Waals surface area (Å²) in [5.74, 6) is -0.650. The van der Waals surface area contributed by atoms with Gasteiger partial charge in [-0.2, -0.15) is 0 Å². The van der Waals surface area contributed by atoms with Gasteiger partial charge in [0, 0.05) is 0 Å². The van der Waals surface area contributed by atoms with Crippen molar-refractivity contribution in [1.82, 2.24) is 19.9 Å². The predicted molar refractivity (Wildman–Crippen MR) is 71.8 cm³/mol. The summed E-state index contributed by atoms with van der Waals surface area (Å²) in [4.78, 5) is 26.0. The maximum atomic E-state index is 12.3. The predicted octanol–water partition coefficient (Wildman–Crippen LogP) is 0.535. The van der Waals surface area contributed by atoms with Gasteiger partial charge in [-0.25, -0.2) is 9.48 Å². The summed E-state index contributed by atoms with van der Waals surface area (Å²) in [6.07, 6.45) is 1.60. The summed E-state index contributed by atoms with van der Waals surface area (Å²) in [7, 11) is 1.32. The number of fused-ring (bicyclic) bond motifs is 1. The molecule has 108 valence electrons. The van der Waals surface area contributed by atoms with E-state index in [9.17, 15) is 9.59 Å². The van der Waals surface area contributed by atoms with E-state index in [0.29, 0.717) is 0 Å². The number of esters is 1. The Hall–Kier alpha value is -2.70. The second-order valence-electron chi connectivity index (χ2n) is 4.74. The van der Waals surface area contributed by atoms with Crippen molar-refractivity contribution >= 4 is 11.9 Å². The maximum Gasteiger partial charge on any atom is 0.333 e. The highest BCUT2D eigenvalue weighted by atomic mass is 16.5. The fourth-order valence-corrected chi connectivity index (χ4v) is 2.44. The standard InChI is InChI=1S/C14H14N4O3/c1-21-14(20)13(10-5-3-2-4-6-10)17-8-11-7-15-16-18(11)9-12(17)19/h2-7,13H,8-9H2,1H3/t13-/m0/s1. The first-order valence-electron chi connectivity index (χ1n) is 6.50. The average Bonchev–Trinajstić information content (AvgIpc) is 2.95. The Kier molecular flexibility index (Phi) is 3.39. The van der Waals surface area contributed by atoms with E-state index in [4.69, 9.17) is 4.74 Å². The zero-order valence-corrected chi connectivity index (χ0v) is 11.5. The Balaban J connectivity index is 1.98. The summed E-state index contributed by atoms with van der Waals surface area (Å²) < 4.78 is 6.41. The Morgan fingerprint density at radius 2 is 2.05 bits per heavy atom. The fourth-order valence-electron chi connectivity index (χ4n) is 2.44. The molecular formula is C14H14N4O3. The first-order chi connectivity index (χ1) is 10.2. The van der Waals surface area contributed by atoms with Crippen molar-refractivity contribution < 1.29 is 14.3 Å². The third-order valence-corrected chi connectivity index (χ3v) is 3.49. The van der Waals surface area contributed by atoms with E-state index >= 15 is 0 Å². The lowest BCUT2D eigenvalue weighted by Crippen LogP contribution is -2.44. The van der Waals surface area contributed by atoms with Gasteiger partial charge in [0.15, 0.2) is 6.04 Å². The van der Waals surface area contributed by atoms with E-state index < -0.39 is 12.0 Å². The summed E-state index contributed by atoms with van der Waals surface area (Å²) >= 11 is 0. The van der Waals surface area contributed by atoms with Crippen LogP contribution in [0.1, 0.15) is 17.3 Å². The maximum absolute atomic E-state index is 12.3. The van der Waals surface area contributed by atoms with E-state index in [0.717, 1.165) is 11.3 Å². The van der Waals surface area contributed by atoms with Crippen molar-refractivity contribution in [3.05, 3.63) is 47.8 Å². The number of rotatable bonds is 3. The van der Waals surface area contributed by atoms with Crippen LogP contribution in [0.2, 0.25) is 0 Å². The Bertz CT molecular complexity index is 668. The van der Waals surface area contributed by atoms with Gasteiger partial charge in [0.05, 0.1) is 25.5 Å². The van der Waals surface area contributed by atoms with Gasteiger partial charge in [-0.3, -0.25) is 4.79 Å². The highest BCUT2D eigenvalue weighted by Crippen LogP contribution is 2.26. The number of methoxy groups -OCH3 is 1. The van der Waals surface area contributed by atoms with Crippen molar-refractivity contribution in [3.63, 3.8) is 0 Å². The molecule has 1 aromatic carbocycles. The van der Waals surface area contributed by atoms with Crippen molar-refractivity contribution in [2.45, 2.75) is 19.1 Å². The highest BCUT2D eigenvalue weighted by molar-refractivity contribution is 5.86. The minimum atomic E-state index is -0.757. The van der Waals surface area contributed by atoms with E-state index in [2.05, 4.69) is 10.3 Å². The van der Waals surface area contributed by atoms with Crippen LogP contribution in [-0.4, -0.2) is 38.9 Å². The first-order valence-corrected chi connectivity index (χ1v) is 6.50. The van der Waals surface area contributed by atoms with E-state index in [1.54, 1.807) is 18.3 Å². The molecule has 0 saturated heterocycles. The minimum absolute atomic E-state index is 0.0790. The molecule has 0 unspecified atom stereocenters. The van der Waals surface area contributed by atoms with Crippen molar-refractivity contribution in [2.24, 2.45) is 0 Å². The second kappa shape index (κ2) is 5.35. The molecule has 0 bridgehead atoms. The lowest BCUT2D eigenvalue weighted by atomic mass is 10.0. The molecule has 7 nitrogen and oxygen atoms in total. The van der Waals surface area contributed by atoms with Gasteiger partial charge in [-0.1, -0.05) is 35.5 Å². The number of ether oxygens (including phenoxy) is 1. The Morgan fingerprint density at radius 1 is 1.29 bits per heavy atom. The molecule has 0 fully saturated rings. The molecule has 0 spiro atoms. The van der Waals surface area contributed by atoms with Crippen molar-refractivity contribution in [2.75, 3.05) is 7.11 Å². The molecule has 1 aliphatic rings. The van der Waals surface area contributed by atoms with Gasteiger partial charge < -0.3 is 9.64 Å². The largest absolute Gasteiger partial charge is 0.467 e. The topological polar surface area (TPSA) is 77.3 Å². The summed E-state index contributed by atoms with van der Waals surface area (Å²) in [6.45, 7) is 0.357. The van der Waals surface area contributed by atoms with Crippen LogP contribution in [-0.2, 0) is 27.4 Å². The van der Waals surface area contributed by atoms with Gasteiger partial charge in [-0.15, -0.1) is 5.10 Å². The van der Waals surface area contributed by atoms with Crippen LogP contribution in [0.15, 0.2) is 36.5 Å². The Labute approximate surface area is 121 Å². The number of aromatic nitrogens is 3. The van der Waals surface area contributed by atoms with Crippen LogP contribution < -0.4 is 0 Å². The van der Waals surface area contributed by atoms with Crippen molar-refractivity contribution in [3.8, 4) is 0 Å². The zero-order chi connectivity index (χ0) is 14.8. The number of hydrogen-bond acceptors (Lipinski definition) is 5. The molecule has 0 aliphatic carbocycles. The molecule has 1 aliphatic heterocycles. The van der Waals surface area contributed by atoms with Crippen LogP contribution in [0.4, 0.5) is 0 Å². The van der Waals surface area contributed by atoms with E-state index in [1.807, 2.05) is 18.2 Å². The van der Waals surface area contributed by atoms with Crippen LogP contribution >= 0.6 is 0 Å². The fraction of sp³-hybridized carbons (Fsp3) is 0.286. The third kappa shape index (κ3) is 2.37. The molecule has 21 heavy (non-hydrogen) atoms. The SMILES string of the molecule is COC(=O)[C@H](c1ccccc1)N1Cc2cnnn2CC1=O. The molecule has 0 saturated carbocycles. The van der Waals surface area contributed by atoms with Gasteiger partial charge in [0.25, 0.3) is 0 Å². The molecule has 1 amide bonds. The highest BCUT2D eigenvalue weighted by Gasteiger charge is 2.35. The van der Waals surface area contributed by atoms with Gasteiger partial charge in [0.2, 0.25) is 5.91 Å². The summed E-state index contributed by atoms with van der Waals surface area (Å²) in [6, 6.07) is 8.36. The molecule has 2 aromatic rings. The van der Waals surface area contributed by atoms with Crippen LogP contribution in [0.5, 0.6) is 0 Å². The molecule has 1 atom stereocenters. The first kappa shape index (κ1) is 13.3. The average molecular weight is 286 g/mol. The van der Waals surface area contributed by atoms with Gasteiger partial charge in [-0.05, 0) is 5.56 Å². The lowest BCUT2D eigenvalue weighted by Gasteiger charge is -2.33. The van der Waals surface area contributed by atoms with E-state index in [-0.39, 0.29) is 19.0 Å². The molecule has 3 rings (SSSR count). The summed E-state index contributed by atoms with van der Waals surface area (Å²) in [5.41, 5.74) is 1.51. The number of nitrogens with zero attached hydrogens (tertiary/aromatic N) is 4. The normalized spacial score (nSPS) is 15.5. The van der Waals surface area contributed by atoms with Crippen molar-refractivity contribution in [1.29, 1.82) is 0 Å². The number of amides is 1. The molecule has 1 aromatic heterocycles. The minimum Gasteiger partial charge on any atom is -0.467 e. The van der Waals surface area contributed by atoms with Gasteiger partial charge >= 0.3 is 5.97 Å². The van der Waals surface area contributed by atoms with Gasteiger partial charge in [0.1, 0.15) is 6.54 Å². The van der Waals surface area contributed by atoms with Crippen LogP contribution in [0.3, 0.4) is 0 Å². The van der Waals surface area contributed by atoms with E-state index in [1.165, 1.54) is 16.7 Å². The Morgan fingerprint density at radius 3 is 2.76 bits per heavy atom. The molecular weight excluding hydrogens is 272 g/mol. The number of hydrogen-bond donors (Lipinski definition) is 0. The number of benzene rings is 1. The molecule has 2 heterocycles. The smallest absolute Gasteiger partial charge is 0.333 e. The molecule has 0 radical (unpaired) electrons. The lowest BCUT2D eigenvalue weighted by molar-refractivity contribution is -0.155. The van der Waals surface area contributed by atoms with Crippen LogP contribution in [0.25, 0.3) is 0 Å². The zero-order valence-electron chi connectivity index (χ0n) is 11.5. The van der Waals surface area contributed by atoms with Crippen LogP contribution in [0, 0.1) is 0 Å². The number of carbonyl (C=O) groups is 2. The third-order valence-electron chi connectivity index (χ3n) is 3.49.